The van der Waals surface area contributed by atoms with Crippen molar-refractivity contribution in [3.63, 3.8) is 0 Å². The number of methoxy groups -OCH3 is 1. The summed E-state index contributed by atoms with van der Waals surface area (Å²) in [4.78, 5) is 22.2. The molecule has 2 aromatic rings. The molecule has 0 bridgehead atoms. The first-order chi connectivity index (χ1) is 11.5. The summed E-state index contributed by atoms with van der Waals surface area (Å²) < 4.78 is 18.3. The highest BCUT2D eigenvalue weighted by atomic mass is 19.1. The molecule has 24 heavy (non-hydrogen) atoms. The van der Waals surface area contributed by atoms with E-state index in [2.05, 4.69) is 10.5 Å². The number of benzene rings is 2. The van der Waals surface area contributed by atoms with Crippen LogP contribution in [0.3, 0.4) is 0 Å². The molecule has 1 amide bonds. The Kier molecular flexibility index (Phi) is 5.05. The van der Waals surface area contributed by atoms with Crippen LogP contribution in [0.15, 0.2) is 41.5 Å². The minimum absolute atomic E-state index is 0.0107. The van der Waals surface area contributed by atoms with Crippen molar-refractivity contribution in [2.24, 2.45) is 5.10 Å². The number of hydrogen-bond donors (Lipinski definition) is 2. The SMILES string of the molecule is COc1c(O)ccc(/C=N/NC(=O)c2ccccc2F)c1[N+](=O)[O-]. The number of nitrogens with one attached hydrogen (secondary N) is 1. The molecule has 0 fully saturated rings. The lowest BCUT2D eigenvalue weighted by Crippen LogP contribution is -2.19. The number of phenolic OH excluding ortho intramolecular Hbond substituents is 1. The molecule has 2 N–H and O–H groups in total. The van der Waals surface area contributed by atoms with Gasteiger partial charge in [0.15, 0.2) is 5.75 Å². The lowest BCUT2D eigenvalue weighted by atomic mass is 10.1. The molecule has 2 aromatic carbocycles. The van der Waals surface area contributed by atoms with Crippen LogP contribution < -0.4 is 10.2 Å². The van der Waals surface area contributed by atoms with Gasteiger partial charge in [-0.15, -0.1) is 0 Å². The first-order valence-corrected chi connectivity index (χ1v) is 6.58. The maximum absolute atomic E-state index is 13.5. The third-order valence-electron chi connectivity index (χ3n) is 3.02. The van der Waals surface area contributed by atoms with Crippen molar-refractivity contribution in [2.75, 3.05) is 7.11 Å². The molecule has 124 valence electrons. The summed E-state index contributed by atoms with van der Waals surface area (Å²) in [5, 5.41) is 24.3. The van der Waals surface area contributed by atoms with Crippen LogP contribution in [0.2, 0.25) is 0 Å². The van der Waals surface area contributed by atoms with Crippen LogP contribution in [0.4, 0.5) is 10.1 Å². The molecule has 0 saturated carbocycles. The minimum Gasteiger partial charge on any atom is -0.504 e. The van der Waals surface area contributed by atoms with E-state index in [-0.39, 0.29) is 16.9 Å². The number of carbonyl (C=O) groups is 1. The van der Waals surface area contributed by atoms with Crippen molar-refractivity contribution in [2.45, 2.75) is 0 Å². The van der Waals surface area contributed by atoms with E-state index in [0.717, 1.165) is 12.3 Å². The minimum atomic E-state index is -0.808. The average molecular weight is 333 g/mol. The van der Waals surface area contributed by atoms with Crippen LogP contribution in [0.1, 0.15) is 15.9 Å². The van der Waals surface area contributed by atoms with Gasteiger partial charge < -0.3 is 9.84 Å². The van der Waals surface area contributed by atoms with Crippen molar-refractivity contribution in [1.29, 1.82) is 0 Å². The number of phenols is 1. The van der Waals surface area contributed by atoms with Crippen LogP contribution in [0, 0.1) is 15.9 Å². The molecule has 0 saturated heterocycles. The average Bonchev–Trinajstić information content (AvgIpc) is 2.55. The van der Waals surface area contributed by atoms with E-state index < -0.39 is 28.1 Å². The molecule has 0 heterocycles. The molecule has 2 rings (SSSR count). The number of nitro groups is 1. The van der Waals surface area contributed by atoms with E-state index in [1.165, 1.54) is 37.4 Å². The molecule has 9 heteroatoms. The van der Waals surface area contributed by atoms with Crippen molar-refractivity contribution in [3.8, 4) is 11.5 Å². The molecule has 0 unspecified atom stereocenters. The fourth-order valence-corrected chi connectivity index (χ4v) is 1.94. The number of halogens is 1. The van der Waals surface area contributed by atoms with Gasteiger partial charge in [0.05, 0.1) is 29.4 Å². The summed E-state index contributed by atoms with van der Waals surface area (Å²) in [5.74, 6) is -2.26. The molecular formula is C15H12FN3O5. The van der Waals surface area contributed by atoms with Crippen molar-refractivity contribution in [3.05, 3.63) is 63.5 Å². The highest BCUT2D eigenvalue weighted by Gasteiger charge is 2.23. The summed E-state index contributed by atoms with van der Waals surface area (Å²) >= 11 is 0. The van der Waals surface area contributed by atoms with E-state index in [1.54, 1.807) is 0 Å². The normalized spacial score (nSPS) is 10.6. The monoisotopic (exact) mass is 333 g/mol. The highest BCUT2D eigenvalue weighted by Crippen LogP contribution is 2.37. The fourth-order valence-electron chi connectivity index (χ4n) is 1.94. The van der Waals surface area contributed by atoms with Gasteiger partial charge in [-0.25, -0.2) is 9.82 Å². The van der Waals surface area contributed by atoms with E-state index in [9.17, 15) is 24.4 Å². The fraction of sp³-hybridized carbons (Fsp3) is 0.0667. The van der Waals surface area contributed by atoms with Gasteiger partial charge in [-0.2, -0.15) is 5.10 Å². The number of ether oxygens (including phenoxy) is 1. The lowest BCUT2D eigenvalue weighted by molar-refractivity contribution is -0.386. The van der Waals surface area contributed by atoms with Crippen LogP contribution in [0.25, 0.3) is 0 Å². The lowest BCUT2D eigenvalue weighted by Gasteiger charge is -2.06. The summed E-state index contributed by atoms with van der Waals surface area (Å²) in [5.41, 5.74) is 1.33. The zero-order valence-corrected chi connectivity index (χ0v) is 12.4. The van der Waals surface area contributed by atoms with Gasteiger partial charge in [-0.05, 0) is 24.3 Å². The maximum atomic E-state index is 13.5. The molecule has 0 aliphatic heterocycles. The molecule has 0 aliphatic rings. The first kappa shape index (κ1) is 16.9. The highest BCUT2D eigenvalue weighted by molar-refractivity contribution is 5.95. The van der Waals surface area contributed by atoms with E-state index in [1.807, 2.05) is 0 Å². The smallest absolute Gasteiger partial charge is 0.323 e. The first-order valence-electron chi connectivity index (χ1n) is 6.58. The number of nitrogens with zero attached hydrogens (tertiary/aromatic N) is 2. The second-order valence-corrected chi connectivity index (χ2v) is 4.49. The summed E-state index contributed by atoms with van der Waals surface area (Å²) in [7, 11) is 1.17. The quantitative estimate of drug-likeness (QED) is 0.495. The van der Waals surface area contributed by atoms with Gasteiger partial charge in [0.25, 0.3) is 5.91 Å². The van der Waals surface area contributed by atoms with Gasteiger partial charge in [0.1, 0.15) is 5.82 Å². The molecule has 8 nitrogen and oxygen atoms in total. The third-order valence-corrected chi connectivity index (χ3v) is 3.02. The Morgan fingerprint density at radius 2 is 2.08 bits per heavy atom. The molecule has 0 aromatic heterocycles. The Labute approximate surface area is 135 Å². The maximum Gasteiger partial charge on any atom is 0.323 e. The number of amides is 1. The largest absolute Gasteiger partial charge is 0.504 e. The summed E-state index contributed by atoms with van der Waals surface area (Å²) in [6.07, 6.45) is 0.999. The zero-order chi connectivity index (χ0) is 17.7. The van der Waals surface area contributed by atoms with Crippen molar-refractivity contribution < 1.29 is 24.0 Å². The molecule has 0 spiro atoms. The van der Waals surface area contributed by atoms with Crippen LogP contribution in [-0.4, -0.2) is 29.3 Å². The summed E-state index contributed by atoms with van der Waals surface area (Å²) in [6.45, 7) is 0. The van der Waals surface area contributed by atoms with E-state index >= 15 is 0 Å². The number of carbonyl (C=O) groups excluding carboxylic acids is 1. The van der Waals surface area contributed by atoms with Gasteiger partial charge in [0.2, 0.25) is 5.75 Å². The number of hydrazone groups is 1. The van der Waals surface area contributed by atoms with E-state index in [4.69, 9.17) is 4.74 Å². The second kappa shape index (κ2) is 7.18. The Morgan fingerprint density at radius 1 is 1.38 bits per heavy atom. The van der Waals surface area contributed by atoms with Crippen LogP contribution in [-0.2, 0) is 0 Å². The number of rotatable bonds is 5. The predicted octanol–water partition coefficient (Wildman–Crippen LogP) is 2.21. The standard InChI is InChI=1S/C15H12FN3O5/c1-24-14-12(20)7-6-9(13(14)19(22)23)8-17-18-15(21)10-4-2-3-5-11(10)16/h2-8,20H,1H3,(H,18,21)/b17-8+. The molecular weight excluding hydrogens is 321 g/mol. The Balaban J connectivity index is 2.25. The van der Waals surface area contributed by atoms with Crippen molar-refractivity contribution in [1.82, 2.24) is 5.43 Å². The van der Waals surface area contributed by atoms with Gasteiger partial charge >= 0.3 is 5.69 Å². The predicted molar refractivity (Wildman–Crippen MR) is 82.8 cm³/mol. The van der Waals surface area contributed by atoms with E-state index in [0.29, 0.717) is 0 Å². The third kappa shape index (κ3) is 3.46. The van der Waals surface area contributed by atoms with Crippen LogP contribution in [0.5, 0.6) is 11.5 Å². The number of nitro benzene ring substituents is 1. The number of hydrogen-bond acceptors (Lipinski definition) is 6. The second-order valence-electron chi connectivity index (χ2n) is 4.49. The van der Waals surface area contributed by atoms with Crippen LogP contribution >= 0.6 is 0 Å². The molecule has 0 atom stereocenters. The Bertz CT molecular complexity index is 823. The Hall–Kier alpha value is -3.49. The molecule has 0 radical (unpaired) electrons. The van der Waals surface area contributed by atoms with Gasteiger partial charge in [0, 0.05) is 0 Å². The van der Waals surface area contributed by atoms with Crippen molar-refractivity contribution >= 4 is 17.8 Å². The van der Waals surface area contributed by atoms with Gasteiger partial charge in [-0.1, -0.05) is 12.1 Å². The number of aromatic hydroxyl groups is 1. The zero-order valence-electron chi connectivity index (χ0n) is 12.4. The van der Waals surface area contributed by atoms with Gasteiger partial charge in [-0.3, -0.25) is 14.9 Å². The molecule has 0 aliphatic carbocycles. The summed E-state index contributed by atoms with van der Waals surface area (Å²) in [6, 6.07) is 7.72. The topological polar surface area (TPSA) is 114 Å². The Morgan fingerprint density at radius 3 is 2.71 bits per heavy atom.